The summed E-state index contributed by atoms with van der Waals surface area (Å²) < 4.78 is 0. The van der Waals surface area contributed by atoms with Gasteiger partial charge in [-0.3, -0.25) is 0 Å². The van der Waals surface area contributed by atoms with Crippen molar-refractivity contribution < 1.29 is 9.90 Å². The van der Waals surface area contributed by atoms with Gasteiger partial charge in [-0.25, -0.2) is 4.79 Å². The van der Waals surface area contributed by atoms with Gasteiger partial charge in [0.25, 0.3) is 0 Å². The first-order valence-corrected chi connectivity index (χ1v) is 4.28. The molecule has 0 saturated heterocycles. The molecule has 1 aromatic carbocycles. The number of aromatic carboxylic acids is 1. The summed E-state index contributed by atoms with van der Waals surface area (Å²) in [5, 5.41) is 8.49. The molecule has 0 unspecified atom stereocenters. The monoisotopic (exact) mass is 196 g/mol. The minimum atomic E-state index is -0.988. The van der Waals surface area contributed by atoms with Gasteiger partial charge in [-0.2, -0.15) is 0 Å². The third kappa shape index (κ3) is 5.16. The largest absolute Gasteiger partial charge is 0.478 e. The van der Waals surface area contributed by atoms with E-state index in [2.05, 4.69) is 0 Å². The van der Waals surface area contributed by atoms with E-state index in [4.69, 9.17) is 16.6 Å². The van der Waals surface area contributed by atoms with Crippen LogP contribution in [0, 0.1) is 0 Å². The molecule has 0 spiro atoms. The molecule has 1 aromatic rings. The van der Waals surface area contributed by atoms with Crippen molar-refractivity contribution in [2.45, 2.75) is 19.9 Å². The van der Waals surface area contributed by atoms with Crippen molar-refractivity contribution in [2.24, 2.45) is 5.73 Å². The maximum Gasteiger partial charge on any atom is 0.337 e. The lowest BCUT2D eigenvalue weighted by molar-refractivity contribution is 0.0698. The number of carbonyl (C=O) groups is 1. The molecule has 0 aromatic heterocycles. The average Bonchev–Trinajstić information content (AvgIpc) is 2.03. The van der Waals surface area contributed by atoms with E-state index in [0.29, 0.717) is 11.7 Å². The summed E-state index contributed by atoms with van der Waals surface area (Å²) in [6.07, 6.45) is 0. The lowest BCUT2D eigenvalue weighted by atomic mass is 10.2. The van der Waals surface area contributed by atoms with E-state index >= 15 is 0 Å². The summed E-state index contributed by atoms with van der Waals surface area (Å²) in [5.74, 6) is -0.988. The van der Waals surface area contributed by atoms with Gasteiger partial charge in [0.2, 0.25) is 0 Å². The van der Waals surface area contributed by atoms with Crippen LogP contribution in [0.15, 0.2) is 24.3 Å². The van der Waals surface area contributed by atoms with Gasteiger partial charge in [-0.05, 0) is 18.2 Å². The van der Waals surface area contributed by atoms with E-state index in [0.717, 1.165) is 0 Å². The highest BCUT2D eigenvalue weighted by Crippen LogP contribution is 2.08. The van der Waals surface area contributed by atoms with Crippen LogP contribution in [-0.2, 0) is 0 Å². The SMILES string of the molecule is CC(C)N.Nc1ccccc1C(=O)O. The highest BCUT2D eigenvalue weighted by Gasteiger charge is 2.03. The molecule has 78 valence electrons. The minimum absolute atomic E-state index is 0.155. The fraction of sp³-hybridized carbons (Fsp3) is 0.300. The Morgan fingerprint density at radius 2 is 1.79 bits per heavy atom. The molecule has 4 heteroatoms. The molecule has 5 N–H and O–H groups in total. The molecule has 0 amide bonds. The molecule has 1 rings (SSSR count). The quantitative estimate of drug-likeness (QED) is 0.591. The molecule has 4 nitrogen and oxygen atoms in total. The first-order chi connectivity index (χ1) is 6.45. The number of carboxylic acid groups (broad SMARTS) is 1. The molecule has 0 aliphatic carbocycles. The highest BCUT2D eigenvalue weighted by molar-refractivity contribution is 5.93. The van der Waals surface area contributed by atoms with Crippen molar-refractivity contribution in [2.75, 3.05) is 5.73 Å². The van der Waals surface area contributed by atoms with Crippen molar-refractivity contribution in [3.63, 3.8) is 0 Å². The van der Waals surface area contributed by atoms with Crippen LogP contribution in [0.5, 0.6) is 0 Å². The maximum atomic E-state index is 10.3. The van der Waals surface area contributed by atoms with Crippen LogP contribution in [0.4, 0.5) is 5.69 Å². The predicted molar refractivity (Wildman–Crippen MR) is 57.1 cm³/mol. The molecule has 0 aliphatic rings. The molecule has 0 aliphatic heterocycles. The van der Waals surface area contributed by atoms with E-state index in [1.54, 1.807) is 18.2 Å². The van der Waals surface area contributed by atoms with Crippen LogP contribution in [-0.4, -0.2) is 17.1 Å². The van der Waals surface area contributed by atoms with Gasteiger partial charge in [-0.1, -0.05) is 26.0 Å². The molecule has 0 bridgehead atoms. The molecule has 0 saturated carbocycles. The number of anilines is 1. The number of benzene rings is 1. The molecular formula is C10H16N2O2. The Morgan fingerprint density at radius 1 is 1.36 bits per heavy atom. The van der Waals surface area contributed by atoms with Crippen LogP contribution in [0.25, 0.3) is 0 Å². The number of nitrogens with two attached hydrogens (primary N) is 2. The number of hydrogen-bond acceptors (Lipinski definition) is 3. The summed E-state index contributed by atoms with van der Waals surface area (Å²) in [4.78, 5) is 10.3. The standard InChI is InChI=1S/C7H7NO2.C3H9N/c8-6-4-2-1-3-5(6)7(9)10;1-3(2)4/h1-4H,8H2,(H,9,10);3H,4H2,1-2H3. The Bertz CT molecular complexity index is 295. The van der Waals surface area contributed by atoms with Gasteiger partial charge in [0.1, 0.15) is 0 Å². The first kappa shape index (κ1) is 12.4. The second-order valence-electron chi connectivity index (χ2n) is 3.14. The third-order valence-corrected chi connectivity index (χ3v) is 1.19. The lowest BCUT2D eigenvalue weighted by Gasteiger charge is -1.96. The number of nitrogen functional groups attached to an aromatic ring is 1. The Kier molecular flexibility index (Phi) is 5.33. The van der Waals surface area contributed by atoms with Crippen molar-refractivity contribution >= 4 is 11.7 Å². The van der Waals surface area contributed by atoms with E-state index in [9.17, 15) is 4.79 Å². The fourth-order valence-electron chi connectivity index (χ4n) is 0.692. The maximum absolute atomic E-state index is 10.3. The molecular weight excluding hydrogens is 180 g/mol. The van der Waals surface area contributed by atoms with E-state index in [-0.39, 0.29) is 5.56 Å². The van der Waals surface area contributed by atoms with E-state index in [1.165, 1.54) is 6.07 Å². The Labute approximate surface area is 83.5 Å². The van der Waals surface area contributed by atoms with Crippen LogP contribution in [0.2, 0.25) is 0 Å². The normalized spacial score (nSPS) is 9.14. The van der Waals surface area contributed by atoms with Gasteiger partial charge in [0, 0.05) is 5.69 Å². The van der Waals surface area contributed by atoms with Crippen molar-refractivity contribution in [1.29, 1.82) is 0 Å². The van der Waals surface area contributed by atoms with E-state index < -0.39 is 5.97 Å². The van der Waals surface area contributed by atoms with Crippen molar-refractivity contribution in [3.8, 4) is 0 Å². The number of rotatable bonds is 1. The summed E-state index contributed by atoms with van der Waals surface area (Å²) in [6, 6.07) is 6.70. The van der Waals surface area contributed by atoms with Crippen molar-refractivity contribution in [3.05, 3.63) is 29.8 Å². The van der Waals surface area contributed by atoms with Crippen LogP contribution in [0.1, 0.15) is 24.2 Å². The zero-order chi connectivity index (χ0) is 11.1. The molecule has 0 heterocycles. The molecule has 14 heavy (non-hydrogen) atoms. The second kappa shape index (κ2) is 5.99. The van der Waals surface area contributed by atoms with Gasteiger partial charge in [-0.15, -0.1) is 0 Å². The smallest absolute Gasteiger partial charge is 0.337 e. The number of para-hydroxylation sites is 1. The zero-order valence-corrected chi connectivity index (χ0v) is 8.40. The van der Waals surface area contributed by atoms with Gasteiger partial charge >= 0.3 is 5.97 Å². The fourth-order valence-corrected chi connectivity index (χ4v) is 0.692. The van der Waals surface area contributed by atoms with Crippen molar-refractivity contribution in [1.82, 2.24) is 0 Å². The second-order valence-corrected chi connectivity index (χ2v) is 3.14. The van der Waals surface area contributed by atoms with Gasteiger partial charge in [0.05, 0.1) is 5.56 Å². The van der Waals surface area contributed by atoms with Crippen LogP contribution < -0.4 is 11.5 Å². The first-order valence-electron chi connectivity index (χ1n) is 4.28. The topological polar surface area (TPSA) is 89.3 Å². The van der Waals surface area contributed by atoms with Crippen LogP contribution >= 0.6 is 0 Å². The van der Waals surface area contributed by atoms with E-state index in [1.807, 2.05) is 13.8 Å². The molecule has 0 radical (unpaired) electrons. The zero-order valence-electron chi connectivity index (χ0n) is 8.40. The summed E-state index contributed by atoms with van der Waals surface area (Å²) in [5.41, 5.74) is 10.9. The van der Waals surface area contributed by atoms with Crippen LogP contribution in [0.3, 0.4) is 0 Å². The summed E-state index contributed by atoms with van der Waals surface area (Å²) in [7, 11) is 0. The lowest BCUT2D eigenvalue weighted by Crippen LogP contribution is -2.06. The minimum Gasteiger partial charge on any atom is -0.478 e. The molecule has 0 fully saturated rings. The number of hydrogen-bond donors (Lipinski definition) is 3. The average molecular weight is 196 g/mol. The summed E-state index contributed by atoms with van der Waals surface area (Å²) >= 11 is 0. The highest BCUT2D eigenvalue weighted by atomic mass is 16.4. The Morgan fingerprint density at radius 3 is 2.07 bits per heavy atom. The Hall–Kier alpha value is -1.55. The summed E-state index contributed by atoms with van der Waals surface area (Å²) in [6.45, 7) is 3.89. The number of carboxylic acids is 1. The Balaban J connectivity index is 0.000000364. The molecule has 0 atom stereocenters. The van der Waals surface area contributed by atoms with Gasteiger partial charge in [0.15, 0.2) is 0 Å². The third-order valence-electron chi connectivity index (χ3n) is 1.19. The van der Waals surface area contributed by atoms with Gasteiger partial charge < -0.3 is 16.6 Å². The predicted octanol–water partition coefficient (Wildman–Crippen LogP) is 1.32.